The second-order valence-electron chi connectivity index (χ2n) is 5.11. The van der Waals surface area contributed by atoms with Crippen molar-refractivity contribution in [1.82, 2.24) is 0 Å². The molecular formula is C16H16ClNO3S. The maximum absolute atomic E-state index is 12.0. The molecule has 0 saturated carbocycles. The van der Waals surface area contributed by atoms with E-state index in [0.29, 0.717) is 10.7 Å². The average Bonchev–Trinajstić information content (AvgIpc) is 2.42. The summed E-state index contributed by atoms with van der Waals surface area (Å²) in [5, 5.41) is 3.36. The largest absolute Gasteiger partial charge is 0.326 e. The number of amides is 1. The van der Waals surface area contributed by atoms with Crippen molar-refractivity contribution >= 4 is 33.0 Å². The molecule has 0 saturated heterocycles. The van der Waals surface area contributed by atoms with E-state index in [1.807, 2.05) is 13.0 Å². The van der Waals surface area contributed by atoms with Gasteiger partial charge in [-0.3, -0.25) is 4.79 Å². The lowest BCUT2D eigenvalue weighted by molar-refractivity contribution is -0.115. The van der Waals surface area contributed by atoms with E-state index in [2.05, 4.69) is 5.32 Å². The van der Waals surface area contributed by atoms with Gasteiger partial charge in [-0.25, -0.2) is 8.42 Å². The van der Waals surface area contributed by atoms with E-state index < -0.39 is 9.84 Å². The highest BCUT2D eigenvalue weighted by Gasteiger charge is 2.10. The van der Waals surface area contributed by atoms with Gasteiger partial charge in [0.15, 0.2) is 9.84 Å². The second-order valence-corrected chi connectivity index (χ2v) is 7.53. The van der Waals surface area contributed by atoms with E-state index in [1.54, 1.807) is 24.3 Å². The van der Waals surface area contributed by atoms with Crippen molar-refractivity contribution in [2.24, 2.45) is 0 Å². The van der Waals surface area contributed by atoms with E-state index >= 15 is 0 Å². The van der Waals surface area contributed by atoms with Crippen LogP contribution in [0.3, 0.4) is 0 Å². The van der Waals surface area contributed by atoms with Crippen LogP contribution < -0.4 is 5.32 Å². The van der Waals surface area contributed by atoms with E-state index in [1.165, 1.54) is 12.1 Å². The van der Waals surface area contributed by atoms with Crippen molar-refractivity contribution < 1.29 is 13.2 Å². The predicted octanol–water partition coefficient (Wildman–Crippen LogP) is 3.23. The summed E-state index contributed by atoms with van der Waals surface area (Å²) in [7, 11) is -3.30. The molecule has 116 valence electrons. The van der Waals surface area contributed by atoms with Crippen LogP contribution in [0.2, 0.25) is 5.02 Å². The predicted molar refractivity (Wildman–Crippen MR) is 88.1 cm³/mol. The number of halogens is 1. The molecule has 1 amide bonds. The average molecular weight is 338 g/mol. The first-order chi connectivity index (χ1) is 10.3. The Kier molecular flexibility index (Phi) is 4.88. The molecule has 0 aromatic heterocycles. The minimum absolute atomic E-state index is 0.174. The number of nitrogens with one attached hydrogen (secondary N) is 1. The summed E-state index contributed by atoms with van der Waals surface area (Å²) < 4.78 is 23.0. The molecule has 6 heteroatoms. The van der Waals surface area contributed by atoms with Crippen LogP contribution in [-0.4, -0.2) is 20.6 Å². The molecule has 22 heavy (non-hydrogen) atoms. The van der Waals surface area contributed by atoms with E-state index in [0.717, 1.165) is 17.4 Å². The Balaban J connectivity index is 2.10. The minimum Gasteiger partial charge on any atom is -0.326 e. The Bertz CT molecular complexity index is 816. The summed E-state index contributed by atoms with van der Waals surface area (Å²) >= 11 is 5.95. The van der Waals surface area contributed by atoms with Crippen molar-refractivity contribution in [2.75, 3.05) is 11.6 Å². The zero-order chi connectivity index (χ0) is 16.3. The van der Waals surface area contributed by atoms with Gasteiger partial charge in [0.1, 0.15) is 0 Å². The van der Waals surface area contributed by atoms with Crippen LogP contribution in [0.1, 0.15) is 11.1 Å². The molecule has 0 aliphatic carbocycles. The summed E-state index contributed by atoms with van der Waals surface area (Å²) in [6, 6.07) is 11.6. The number of carbonyl (C=O) groups excluding carboxylic acids is 1. The SMILES string of the molecule is Cc1cc(CC(=O)Nc2cccc(S(C)(=O)=O)c2)ccc1Cl. The Morgan fingerprint density at radius 2 is 1.91 bits per heavy atom. The first-order valence-electron chi connectivity index (χ1n) is 6.61. The Morgan fingerprint density at radius 1 is 1.18 bits per heavy atom. The lowest BCUT2D eigenvalue weighted by atomic mass is 10.1. The van der Waals surface area contributed by atoms with Crippen LogP contribution in [0.25, 0.3) is 0 Å². The Labute approximate surface area is 135 Å². The van der Waals surface area contributed by atoms with Gasteiger partial charge >= 0.3 is 0 Å². The highest BCUT2D eigenvalue weighted by atomic mass is 35.5. The quantitative estimate of drug-likeness (QED) is 0.931. The van der Waals surface area contributed by atoms with Gasteiger partial charge < -0.3 is 5.32 Å². The van der Waals surface area contributed by atoms with Gasteiger partial charge in [-0.1, -0.05) is 29.8 Å². The van der Waals surface area contributed by atoms with Crippen molar-refractivity contribution in [3.8, 4) is 0 Å². The first-order valence-corrected chi connectivity index (χ1v) is 8.87. The third-order valence-corrected chi connectivity index (χ3v) is 4.67. The highest BCUT2D eigenvalue weighted by molar-refractivity contribution is 7.90. The van der Waals surface area contributed by atoms with Gasteiger partial charge in [0.25, 0.3) is 0 Å². The van der Waals surface area contributed by atoms with Crippen LogP contribution in [0.5, 0.6) is 0 Å². The van der Waals surface area contributed by atoms with Gasteiger partial charge in [-0.2, -0.15) is 0 Å². The molecule has 0 aliphatic heterocycles. The molecule has 0 bridgehead atoms. The summed E-state index contributed by atoms with van der Waals surface area (Å²) in [6.45, 7) is 1.87. The first kappa shape index (κ1) is 16.5. The van der Waals surface area contributed by atoms with Crippen LogP contribution >= 0.6 is 11.6 Å². The Hall–Kier alpha value is -1.85. The van der Waals surface area contributed by atoms with E-state index in [-0.39, 0.29) is 17.2 Å². The second kappa shape index (κ2) is 6.50. The normalized spacial score (nSPS) is 11.2. The summed E-state index contributed by atoms with van der Waals surface area (Å²) in [6.07, 6.45) is 1.32. The van der Waals surface area contributed by atoms with Crippen LogP contribution in [-0.2, 0) is 21.1 Å². The molecule has 2 aromatic rings. The number of hydrogen-bond donors (Lipinski definition) is 1. The van der Waals surface area contributed by atoms with Gasteiger partial charge in [-0.15, -0.1) is 0 Å². The van der Waals surface area contributed by atoms with E-state index in [4.69, 9.17) is 11.6 Å². The molecule has 0 atom stereocenters. The summed E-state index contributed by atoms with van der Waals surface area (Å²) in [5.41, 5.74) is 2.21. The topological polar surface area (TPSA) is 63.2 Å². The molecule has 0 aliphatic rings. The lowest BCUT2D eigenvalue weighted by Gasteiger charge is -2.08. The fourth-order valence-electron chi connectivity index (χ4n) is 2.01. The maximum Gasteiger partial charge on any atom is 0.228 e. The smallest absolute Gasteiger partial charge is 0.228 e. The monoisotopic (exact) mass is 337 g/mol. The van der Waals surface area contributed by atoms with Crippen molar-refractivity contribution in [3.05, 3.63) is 58.6 Å². The van der Waals surface area contributed by atoms with Gasteiger partial charge in [0.2, 0.25) is 5.91 Å². The fraction of sp³-hybridized carbons (Fsp3) is 0.188. The molecule has 1 N–H and O–H groups in total. The zero-order valence-corrected chi connectivity index (χ0v) is 13.8. The van der Waals surface area contributed by atoms with Gasteiger partial charge in [-0.05, 0) is 42.3 Å². The van der Waals surface area contributed by atoms with Crippen LogP contribution in [0.15, 0.2) is 47.4 Å². The molecule has 0 radical (unpaired) electrons. The molecule has 2 aromatic carbocycles. The number of sulfone groups is 1. The van der Waals surface area contributed by atoms with Gasteiger partial charge in [0.05, 0.1) is 11.3 Å². The molecule has 0 fully saturated rings. The fourth-order valence-corrected chi connectivity index (χ4v) is 2.80. The summed E-state index contributed by atoms with van der Waals surface area (Å²) in [5.74, 6) is -0.215. The maximum atomic E-state index is 12.0. The third-order valence-electron chi connectivity index (χ3n) is 3.13. The lowest BCUT2D eigenvalue weighted by Crippen LogP contribution is -2.14. The molecule has 0 heterocycles. The minimum atomic E-state index is -3.30. The van der Waals surface area contributed by atoms with Crippen molar-refractivity contribution in [2.45, 2.75) is 18.2 Å². The number of benzene rings is 2. The van der Waals surface area contributed by atoms with Gasteiger partial charge in [0, 0.05) is 17.0 Å². The zero-order valence-electron chi connectivity index (χ0n) is 12.3. The van der Waals surface area contributed by atoms with Crippen molar-refractivity contribution in [1.29, 1.82) is 0 Å². The van der Waals surface area contributed by atoms with Crippen molar-refractivity contribution in [3.63, 3.8) is 0 Å². The number of hydrogen-bond acceptors (Lipinski definition) is 3. The van der Waals surface area contributed by atoms with Crippen LogP contribution in [0, 0.1) is 6.92 Å². The highest BCUT2D eigenvalue weighted by Crippen LogP contribution is 2.18. The van der Waals surface area contributed by atoms with Crippen LogP contribution in [0.4, 0.5) is 5.69 Å². The summed E-state index contributed by atoms with van der Waals surface area (Å²) in [4.78, 5) is 12.2. The molecule has 4 nitrogen and oxygen atoms in total. The molecule has 2 rings (SSSR count). The molecule has 0 unspecified atom stereocenters. The number of rotatable bonds is 4. The standard InChI is InChI=1S/C16H16ClNO3S/c1-11-8-12(6-7-15(11)17)9-16(19)18-13-4-3-5-14(10-13)22(2,20)21/h3-8,10H,9H2,1-2H3,(H,18,19). The Morgan fingerprint density at radius 3 is 2.55 bits per heavy atom. The molecule has 0 spiro atoms. The van der Waals surface area contributed by atoms with E-state index in [9.17, 15) is 13.2 Å². The molecular weight excluding hydrogens is 322 g/mol. The third kappa shape index (κ3) is 4.32. The number of anilines is 1. The number of carbonyl (C=O) groups is 1. The number of aryl methyl sites for hydroxylation is 1.